The Labute approximate surface area is 177 Å². The molecular weight excluding hydrogens is 396 g/mol. The van der Waals surface area contributed by atoms with Crippen molar-refractivity contribution < 1.29 is 4.74 Å². The molecule has 3 aromatic heterocycles. The molecule has 0 atom stereocenters. The molecular formula is C22H20N6OS. The summed E-state index contributed by atoms with van der Waals surface area (Å²) in [4.78, 5) is 13.6. The molecule has 0 saturated carbocycles. The highest BCUT2D eigenvalue weighted by molar-refractivity contribution is 7.20. The fraction of sp³-hybridized carbons (Fsp3) is 0.227. The Kier molecular flexibility index (Phi) is 4.24. The highest BCUT2D eigenvalue weighted by atomic mass is 32.1. The number of nitrogens with zero attached hydrogens (tertiary/aromatic N) is 4. The van der Waals surface area contributed by atoms with E-state index in [1.807, 2.05) is 24.5 Å². The molecule has 150 valence electrons. The molecule has 0 unspecified atom stereocenters. The van der Waals surface area contributed by atoms with E-state index >= 15 is 0 Å². The first-order chi connectivity index (χ1) is 14.9. The zero-order valence-corrected chi connectivity index (χ0v) is 17.1. The molecule has 1 fully saturated rings. The fourth-order valence-corrected chi connectivity index (χ4v) is 5.10. The van der Waals surface area contributed by atoms with E-state index in [2.05, 4.69) is 44.7 Å². The van der Waals surface area contributed by atoms with Crippen molar-refractivity contribution in [1.82, 2.24) is 25.5 Å². The number of rotatable bonds is 3. The first-order valence-electron chi connectivity index (χ1n) is 10.0. The Morgan fingerprint density at radius 3 is 2.93 bits per heavy atom. The largest absolute Gasteiger partial charge is 0.387 e. The molecule has 2 aliphatic heterocycles. The molecule has 7 nitrogen and oxygen atoms in total. The van der Waals surface area contributed by atoms with Gasteiger partial charge in [-0.25, -0.2) is 9.97 Å². The second-order valence-corrected chi connectivity index (χ2v) is 8.39. The summed E-state index contributed by atoms with van der Waals surface area (Å²) in [6.07, 6.45) is 8.17. The van der Waals surface area contributed by atoms with Crippen LogP contribution in [0.2, 0.25) is 0 Å². The van der Waals surface area contributed by atoms with Crippen molar-refractivity contribution in [2.75, 3.05) is 37.7 Å². The molecule has 1 saturated heterocycles. The van der Waals surface area contributed by atoms with E-state index in [4.69, 9.17) is 14.7 Å². The van der Waals surface area contributed by atoms with E-state index < -0.39 is 0 Å². The van der Waals surface area contributed by atoms with Gasteiger partial charge in [0.25, 0.3) is 0 Å². The number of allylic oxidation sites excluding steroid dienone is 2. The lowest BCUT2D eigenvalue weighted by atomic mass is 10.1. The van der Waals surface area contributed by atoms with Crippen molar-refractivity contribution in [2.45, 2.75) is 0 Å². The van der Waals surface area contributed by atoms with Crippen molar-refractivity contribution in [3.05, 3.63) is 53.7 Å². The third-order valence-electron chi connectivity index (χ3n) is 5.50. The number of H-pyrrole nitrogens is 1. The maximum absolute atomic E-state index is 5.58. The van der Waals surface area contributed by atoms with Gasteiger partial charge >= 0.3 is 0 Å². The summed E-state index contributed by atoms with van der Waals surface area (Å²) >= 11 is 1.76. The Morgan fingerprint density at radius 2 is 2.07 bits per heavy atom. The zero-order chi connectivity index (χ0) is 19.9. The monoisotopic (exact) mass is 416 g/mol. The van der Waals surface area contributed by atoms with Crippen LogP contribution in [0, 0.1) is 0 Å². The van der Waals surface area contributed by atoms with Gasteiger partial charge < -0.3 is 15.0 Å². The maximum Gasteiger partial charge on any atom is 0.162 e. The van der Waals surface area contributed by atoms with Crippen molar-refractivity contribution >= 4 is 43.8 Å². The number of anilines is 1. The molecule has 0 aliphatic carbocycles. The predicted octanol–water partition coefficient (Wildman–Crippen LogP) is 3.57. The van der Waals surface area contributed by atoms with Gasteiger partial charge in [0.1, 0.15) is 0 Å². The SMILES string of the molecule is C1=CC(c2cc3nc(-c4cccc5[nH]ncc45)nc(N4CCOCC4)c3s2)=CCN1. The number of morpholine rings is 1. The molecule has 8 heteroatoms. The average Bonchev–Trinajstić information content (AvgIpc) is 3.46. The molecule has 1 aromatic carbocycles. The Hall–Kier alpha value is -3.23. The van der Waals surface area contributed by atoms with Gasteiger partial charge in [-0.15, -0.1) is 11.3 Å². The van der Waals surface area contributed by atoms with Crippen LogP contribution in [0.25, 0.3) is 38.1 Å². The summed E-state index contributed by atoms with van der Waals surface area (Å²) in [5.41, 5.74) is 4.18. The minimum absolute atomic E-state index is 0.718. The van der Waals surface area contributed by atoms with Crippen molar-refractivity contribution in [3.63, 3.8) is 0 Å². The molecule has 2 aliphatic rings. The van der Waals surface area contributed by atoms with Gasteiger partial charge in [-0.1, -0.05) is 18.2 Å². The fourth-order valence-electron chi connectivity index (χ4n) is 3.97. The zero-order valence-electron chi connectivity index (χ0n) is 16.3. The summed E-state index contributed by atoms with van der Waals surface area (Å²) in [5.74, 6) is 1.73. The summed E-state index contributed by atoms with van der Waals surface area (Å²) in [5, 5.41) is 11.5. The van der Waals surface area contributed by atoms with Crippen LogP contribution in [0.15, 0.2) is 48.8 Å². The lowest BCUT2D eigenvalue weighted by Crippen LogP contribution is -2.36. The molecule has 30 heavy (non-hydrogen) atoms. The number of nitrogens with one attached hydrogen (secondary N) is 2. The molecule has 6 rings (SSSR count). The van der Waals surface area contributed by atoms with Crippen molar-refractivity contribution in [3.8, 4) is 11.4 Å². The Morgan fingerprint density at radius 1 is 1.13 bits per heavy atom. The summed E-state index contributed by atoms with van der Waals surface area (Å²) in [6.45, 7) is 3.95. The highest BCUT2D eigenvalue weighted by Gasteiger charge is 2.21. The van der Waals surface area contributed by atoms with Gasteiger partial charge in [0, 0.05) is 35.5 Å². The van der Waals surface area contributed by atoms with Crippen LogP contribution in [0.1, 0.15) is 4.88 Å². The summed E-state index contributed by atoms with van der Waals surface area (Å²) in [6, 6.07) is 8.28. The van der Waals surface area contributed by atoms with Gasteiger partial charge in [-0.05, 0) is 30.0 Å². The molecule has 0 bridgehead atoms. The van der Waals surface area contributed by atoms with E-state index in [-0.39, 0.29) is 0 Å². The highest BCUT2D eigenvalue weighted by Crippen LogP contribution is 2.38. The van der Waals surface area contributed by atoms with E-state index in [0.717, 1.165) is 71.2 Å². The summed E-state index contributed by atoms with van der Waals surface area (Å²) < 4.78 is 6.70. The molecule has 0 radical (unpaired) electrons. The Balaban J connectivity index is 1.56. The Bertz CT molecular complexity index is 1300. The van der Waals surface area contributed by atoms with Crippen LogP contribution in [0.5, 0.6) is 0 Å². The number of aromatic amines is 1. The van der Waals surface area contributed by atoms with Crippen LogP contribution in [0.4, 0.5) is 5.82 Å². The van der Waals surface area contributed by atoms with Gasteiger partial charge in [-0.2, -0.15) is 5.10 Å². The predicted molar refractivity (Wildman–Crippen MR) is 121 cm³/mol. The number of benzene rings is 1. The second-order valence-electron chi connectivity index (χ2n) is 7.33. The van der Waals surface area contributed by atoms with Crippen LogP contribution >= 0.6 is 11.3 Å². The van der Waals surface area contributed by atoms with E-state index in [1.165, 1.54) is 10.5 Å². The topological polar surface area (TPSA) is 79.0 Å². The van der Waals surface area contributed by atoms with E-state index in [9.17, 15) is 0 Å². The number of aromatic nitrogens is 4. The van der Waals surface area contributed by atoms with E-state index in [0.29, 0.717) is 0 Å². The average molecular weight is 417 g/mol. The van der Waals surface area contributed by atoms with Gasteiger partial charge in [0.05, 0.1) is 35.1 Å². The van der Waals surface area contributed by atoms with Gasteiger partial charge in [-0.3, -0.25) is 5.10 Å². The lowest BCUT2D eigenvalue weighted by molar-refractivity contribution is 0.122. The quantitative estimate of drug-likeness (QED) is 0.532. The number of ether oxygens (including phenoxy) is 1. The number of dihydropyridines is 1. The molecule has 4 aromatic rings. The first kappa shape index (κ1) is 17.6. The van der Waals surface area contributed by atoms with Crippen LogP contribution in [-0.2, 0) is 4.74 Å². The normalized spacial score (nSPS) is 16.8. The van der Waals surface area contributed by atoms with Crippen LogP contribution in [0.3, 0.4) is 0 Å². The summed E-state index contributed by atoms with van der Waals surface area (Å²) in [7, 11) is 0. The third-order valence-corrected chi connectivity index (χ3v) is 6.66. The molecule has 5 heterocycles. The van der Waals surface area contributed by atoms with Crippen LogP contribution < -0.4 is 10.2 Å². The number of thiophene rings is 1. The van der Waals surface area contributed by atoms with Gasteiger partial charge in [0.2, 0.25) is 0 Å². The van der Waals surface area contributed by atoms with E-state index in [1.54, 1.807) is 11.3 Å². The second kappa shape index (κ2) is 7.23. The third kappa shape index (κ3) is 2.96. The number of hydrogen-bond donors (Lipinski definition) is 2. The molecule has 0 spiro atoms. The lowest BCUT2D eigenvalue weighted by Gasteiger charge is -2.28. The smallest absolute Gasteiger partial charge is 0.162 e. The molecule has 2 N–H and O–H groups in total. The van der Waals surface area contributed by atoms with Gasteiger partial charge in [0.15, 0.2) is 11.6 Å². The number of hydrogen-bond acceptors (Lipinski definition) is 7. The standard InChI is InChI=1S/C22H20N6OS/c1-2-15(16-13-24-27-17(16)3-1)21-25-18-12-19(14-4-6-23-7-5-14)30-20(18)22(26-21)28-8-10-29-11-9-28/h1-6,12-13,23H,7-11H2,(H,24,27). The minimum atomic E-state index is 0.718. The molecule has 0 amide bonds. The first-order valence-corrected chi connectivity index (χ1v) is 10.9. The van der Waals surface area contributed by atoms with Crippen molar-refractivity contribution in [2.24, 2.45) is 0 Å². The number of fused-ring (bicyclic) bond motifs is 2. The minimum Gasteiger partial charge on any atom is -0.387 e. The van der Waals surface area contributed by atoms with Crippen molar-refractivity contribution in [1.29, 1.82) is 0 Å². The maximum atomic E-state index is 5.58. The van der Waals surface area contributed by atoms with Crippen LogP contribution in [-0.4, -0.2) is 53.0 Å².